The first-order valence-corrected chi connectivity index (χ1v) is 9.97. The van der Waals surface area contributed by atoms with E-state index in [4.69, 9.17) is 4.74 Å². The molecule has 0 saturated heterocycles. The van der Waals surface area contributed by atoms with E-state index in [1.165, 1.54) is 16.9 Å². The molecule has 4 nitrogen and oxygen atoms in total. The standard InChI is InChI=1S/C23H18N2O2S/c1-13-11-12-14(2)21-20(13)24-23(28-21)25-22(26)19-15-7-3-5-9-17(15)27-18-10-6-4-8-16(18)19/h3-12,19H,1-2H3,(H,24,25,26). The third-order valence-electron chi connectivity index (χ3n) is 5.11. The molecular formula is C23H18N2O2S. The van der Waals surface area contributed by atoms with Gasteiger partial charge in [0.05, 0.1) is 16.1 Å². The molecule has 1 aromatic heterocycles. The molecule has 1 aliphatic rings. The molecule has 0 saturated carbocycles. The van der Waals surface area contributed by atoms with Gasteiger partial charge in [-0.25, -0.2) is 4.98 Å². The molecule has 0 spiro atoms. The van der Waals surface area contributed by atoms with E-state index in [9.17, 15) is 4.79 Å². The van der Waals surface area contributed by atoms with Crippen LogP contribution >= 0.6 is 11.3 Å². The highest BCUT2D eigenvalue weighted by Gasteiger charge is 2.32. The number of nitrogens with zero attached hydrogens (tertiary/aromatic N) is 1. The number of para-hydroxylation sites is 2. The Balaban J connectivity index is 1.56. The first kappa shape index (κ1) is 17.0. The number of rotatable bonds is 2. The van der Waals surface area contributed by atoms with E-state index < -0.39 is 5.92 Å². The van der Waals surface area contributed by atoms with E-state index in [0.717, 1.165) is 38.4 Å². The summed E-state index contributed by atoms with van der Waals surface area (Å²) in [7, 11) is 0. The van der Waals surface area contributed by atoms with Crippen molar-refractivity contribution in [2.45, 2.75) is 19.8 Å². The van der Waals surface area contributed by atoms with Crippen LogP contribution in [0.4, 0.5) is 5.13 Å². The molecule has 0 aliphatic carbocycles. The van der Waals surface area contributed by atoms with E-state index in [1.54, 1.807) is 0 Å². The zero-order valence-corrected chi connectivity index (χ0v) is 16.3. The van der Waals surface area contributed by atoms with Crippen LogP contribution in [-0.4, -0.2) is 10.9 Å². The number of ether oxygens (including phenoxy) is 1. The van der Waals surface area contributed by atoms with Crippen LogP contribution in [0.2, 0.25) is 0 Å². The van der Waals surface area contributed by atoms with Crippen molar-refractivity contribution < 1.29 is 9.53 Å². The fourth-order valence-corrected chi connectivity index (χ4v) is 4.70. The lowest BCUT2D eigenvalue weighted by Crippen LogP contribution is -2.24. The Bertz CT molecular complexity index is 1140. The Morgan fingerprint density at radius 2 is 1.54 bits per heavy atom. The minimum Gasteiger partial charge on any atom is -0.457 e. The highest BCUT2D eigenvalue weighted by Crippen LogP contribution is 2.44. The summed E-state index contributed by atoms with van der Waals surface area (Å²) in [4.78, 5) is 18.0. The van der Waals surface area contributed by atoms with Gasteiger partial charge >= 0.3 is 0 Å². The summed E-state index contributed by atoms with van der Waals surface area (Å²) >= 11 is 1.52. The van der Waals surface area contributed by atoms with Crippen LogP contribution in [0.5, 0.6) is 11.5 Å². The lowest BCUT2D eigenvalue weighted by atomic mass is 9.87. The van der Waals surface area contributed by atoms with E-state index in [1.807, 2.05) is 55.5 Å². The number of carbonyl (C=O) groups excluding carboxylic acids is 1. The summed E-state index contributed by atoms with van der Waals surface area (Å²) in [6, 6.07) is 19.5. The highest BCUT2D eigenvalue weighted by atomic mass is 32.1. The molecule has 0 bridgehead atoms. The molecule has 1 amide bonds. The molecular weight excluding hydrogens is 368 g/mol. The minimum atomic E-state index is -0.435. The van der Waals surface area contributed by atoms with Crippen LogP contribution in [0.1, 0.15) is 28.2 Å². The average molecular weight is 386 g/mol. The zero-order chi connectivity index (χ0) is 19.3. The van der Waals surface area contributed by atoms with Gasteiger partial charge in [-0.2, -0.15) is 0 Å². The molecule has 138 valence electrons. The van der Waals surface area contributed by atoms with Crippen LogP contribution in [-0.2, 0) is 4.79 Å². The number of hydrogen-bond donors (Lipinski definition) is 1. The van der Waals surface area contributed by atoms with Crippen molar-refractivity contribution in [1.29, 1.82) is 0 Å². The number of aromatic nitrogens is 1. The second-order valence-electron chi connectivity index (χ2n) is 7.00. The van der Waals surface area contributed by atoms with Gasteiger partial charge in [-0.05, 0) is 37.1 Å². The smallest absolute Gasteiger partial charge is 0.238 e. The maximum absolute atomic E-state index is 13.3. The summed E-state index contributed by atoms with van der Waals surface area (Å²) in [5.74, 6) is 0.905. The largest absolute Gasteiger partial charge is 0.457 e. The molecule has 1 aliphatic heterocycles. The molecule has 0 atom stereocenters. The van der Waals surface area contributed by atoms with E-state index in [2.05, 4.69) is 29.4 Å². The third-order valence-corrected chi connectivity index (χ3v) is 6.22. The zero-order valence-electron chi connectivity index (χ0n) is 15.5. The van der Waals surface area contributed by atoms with Crippen molar-refractivity contribution in [1.82, 2.24) is 4.98 Å². The Labute approximate surface area is 166 Å². The normalized spacial score (nSPS) is 12.9. The van der Waals surface area contributed by atoms with Gasteiger partial charge in [-0.15, -0.1) is 0 Å². The van der Waals surface area contributed by atoms with Gasteiger partial charge in [0.25, 0.3) is 0 Å². The molecule has 0 radical (unpaired) electrons. The lowest BCUT2D eigenvalue weighted by molar-refractivity contribution is -0.116. The Kier molecular flexibility index (Phi) is 3.91. The van der Waals surface area contributed by atoms with Crippen molar-refractivity contribution in [3.8, 4) is 11.5 Å². The maximum Gasteiger partial charge on any atom is 0.238 e. The van der Waals surface area contributed by atoms with Crippen LogP contribution in [0.25, 0.3) is 10.2 Å². The molecule has 4 aromatic rings. The third kappa shape index (κ3) is 2.67. The minimum absolute atomic E-state index is 0.0995. The van der Waals surface area contributed by atoms with Gasteiger partial charge in [0.2, 0.25) is 5.91 Å². The van der Waals surface area contributed by atoms with E-state index >= 15 is 0 Å². The van der Waals surface area contributed by atoms with Crippen molar-refractivity contribution in [2.75, 3.05) is 5.32 Å². The lowest BCUT2D eigenvalue weighted by Gasteiger charge is -2.27. The predicted octanol–water partition coefficient (Wildman–Crippen LogP) is 5.79. The topological polar surface area (TPSA) is 51.2 Å². The monoisotopic (exact) mass is 386 g/mol. The molecule has 2 heterocycles. The van der Waals surface area contributed by atoms with Crippen molar-refractivity contribution in [3.05, 3.63) is 82.9 Å². The average Bonchev–Trinajstić information content (AvgIpc) is 3.14. The summed E-state index contributed by atoms with van der Waals surface area (Å²) < 4.78 is 7.11. The first-order chi connectivity index (χ1) is 13.6. The SMILES string of the molecule is Cc1ccc(C)c2sc(NC(=O)C3c4ccccc4Oc4ccccc43)nc12. The van der Waals surface area contributed by atoms with Crippen molar-refractivity contribution >= 4 is 32.6 Å². The summed E-state index contributed by atoms with van der Waals surface area (Å²) in [6.45, 7) is 4.11. The molecule has 5 rings (SSSR count). The second kappa shape index (κ2) is 6.46. The van der Waals surface area contributed by atoms with Crippen LogP contribution in [0.15, 0.2) is 60.7 Å². The molecule has 0 fully saturated rings. The van der Waals surface area contributed by atoms with Crippen molar-refractivity contribution in [2.24, 2.45) is 0 Å². The number of carbonyl (C=O) groups is 1. The first-order valence-electron chi connectivity index (χ1n) is 9.15. The molecule has 28 heavy (non-hydrogen) atoms. The molecule has 5 heteroatoms. The molecule has 3 aromatic carbocycles. The summed E-state index contributed by atoms with van der Waals surface area (Å²) in [6.07, 6.45) is 0. The Morgan fingerprint density at radius 3 is 2.18 bits per heavy atom. The van der Waals surface area contributed by atoms with E-state index in [0.29, 0.717) is 5.13 Å². The fourth-order valence-electron chi connectivity index (χ4n) is 3.68. The van der Waals surface area contributed by atoms with Gasteiger partial charge in [-0.3, -0.25) is 4.79 Å². The Hall–Kier alpha value is -3.18. The molecule has 0 unspecified atom stereocenters. The molecule has 1 N–H and O–H groups in total. The predicted molar refractivity (Wildman–Crippen MR) is 113 cm³/mol. The number of nitrogens with one attached hydrogen (secondary N) is 1. The number of amides is 1. The number of benzene rings is 3. The van der Waals surface area contributed by atoms with Gasteiger partial charge in [0, 0.05) is 11.1 Å². The van der Waals surface area contributed by atoms with Crippen LogP contribution in [0, 0.1) is 13.8 Å². The van der Waals surface area contributed by atoms with Crippen LogP contribution in [0.3, 0.4) is 0 Å². The van der Waals surface area contributed by atoms with Crippen LogP contribution < -0.4 is 10.1 Å². The summed E-state index contributed by atoms with van der Waals surface area (Å²) in [5.41, 5.74) is 4.96. The maximum atomic E-state index is 13.3. The quantitative estimate of drug-likeness (QED) is 0.474. The Morgan fingerprint density at radius 1 is 0.929 bits per heavy atom. The fraction of sp³-hybridized carbons (Fsp3) is 0.130. The number of fused-ring (bicyclic) bond motifs is 3. The van der Waals surface area contributed by atoms with Gasteiger partial charge < -0.3 is 10.1 Å². The number of anilines is 1. The summed E-state index contributed by atoms with van der Waals surface area (Å²) in [5, 5.41) is 3.67. The number of thiazole rings is 1. The highest BCUT2D eigenvalue weighted by molar-refractivity contribution is 7.22. The van der Waals surface area contributed by atoms with Gasteiger partial charge in [0.1, 0.15) is 11.5 Å². The van der Waals surface area contributed by atoms with Crippen molar-refractivity contribution in [3.63, 3.8) is 0 Å². The van der Waals surface area contributed by atoms with E-state index in [-0.39, 0.29) is 5.91 Å². The van der Waals surface area contributed by atoms with Gasteiger partial charge in [-0.1, -0.05) is 59.9 Å². The van der Waals surface area contributed by atoms with Gasteiger partial charge in [0.15, 0.2) is 5.13 Å². The number of aryl methyl sites for hydroxylation is 2. The number of hydrogen-bond acceptors (Lipinski definition) is 4. The second-order valence-corrected chi connectivity index (χ2v) is 8.00.